The molecule has 2 aromatic carbocycles. The van der Waals surface area contributed by atoms with Crippen molar-refractivity contribution in [1.29, 1.82) is 0 Å². The summed E-state index contributed by atoms with van der Waals surface area (Å²) in [6.07, 6.45) is 0.226. The summed E-state index contributed by atoms with van der Waals surface area (Å²) >= 11 is 0. The third-order valence-electron chi connectivity index (χ3n) is 3.61. The van der Waals surface area contributed by atoms with Crippen LogP contribution >= 0.6 is 12.4 Å². The second-order valence-corrected chi connectivity index (χ2v) is 6.04. The van der Waals surface area contributed by atoms with Crippen LogP contribution in [0.1, 0.15) is 11.1 Å². The molecule has 0 aliphatic heterocycles. The van der Waals surface area contributed by atoms with E-state index in [-0.39, 0.29) is 37.2 Å². The number of ether oxygens (including phenoxy) is 1. The smallest absolute Gasteiger partial charge is 0.259 e. The van der Waals surface area contributed by atoms with Crippen molar-refractivity contribution in [3.63, 3.8) is 0 Å². The van der Waals surface area contributed by atoms with E-state index in [0.29, 0.717) is 17.1 Å². The molecule has 0 spiro atoms. The maximum atomic E-state index is 12.3. The van der Waals surface area contributed by atoms with Gasteiger partial charge in [0.2, 0.25) is 5.91 Å². The zero-order valence-electron chi connectivity index (χ0n) is 15.1. The quantitative estimate of drug-likeness (QED) is 0.758. The van der Waals surface area contributed by atoms with Gasteiger partial charge in [-0.3, -0.25) is 9.59 Å². The molecule has 0 saturated heterocycles. The van der Waals surface area contributed by atoms with Crippen LogP contribution in [0.15, 0.2) is 42.5 Å². The first-order valence-electron chi connectivity index (χ1n) is 7.93. The van der Waals surface area contributed by atoms with Crippen LogP contribution in [0.2, 0.25) is 0 Å². The standard InChI is InChI=1S/C19H23N3O3.ClH/c1-13-4-9-16(17(10-13)25-12-19(24)22(2)3)21-18(23)11-14-5-7-15(20)8-6-14;/h4-10H,11-12,20H2,1-3H3,(H,21,23);1H. The summed E-state index contributed by atoms with van der Waals surface area (Å²) < 4.78 is 5.59. The minimum absolute atomic E-state index is 0. The van der Waals surface area contributed by atoms with E-state index in [1.165, 1.54) is 4.90 Å². The predicted octanol–water partition coefficient (Wildman–Crippen LogP) is 2.65. The zero-order valence-corrected chi connectivity index (χ0v) is 15.9. The van der Waals surface area contributed by atoms with E-state index in [1.807, 2.05) is 25.1 Å². The SMILES string of the molecule is Cc1ccc(NC(=O)Cc2ccc(N)cc2)c(OCC(=O)N(C)C)c1.Cl. The van der Waals surface area contributed by atoms with Gasteiger partial charge in [-0.15, -0.1) is 12.4 Å². The molecule has 0 aromatic heterocycles. The number of carbonyl (C=O) groups excluding carboxylic acids is 2. The van der Waals surface area contributed by atoms with E-state index in [4.69, 9.17) is 10.5 Å². The molecule has 0 atom stereocenters. The summed E-state index contributed by atoms with van der Waals surface area (Å²) in [6, 6.07) is 12.6. The van der Waals surface area contributed by atoms with E-state index in [1.54, 1.807) is 38.4 Å². The van der Waals surface area contributed by atoms with Crippen molar-refractivity contribution in [2.45, 2.75) is 13.3 Å². The number of benzene rings is 2. The van der Waals surface area contributed by atoms with Gasteiger partial charge < -0.3 is 20.7 Å². The molecule has 0 bridgehead atoms. The number of anilines is 2. The molecule has 2 amide bonds. The van der Waals surface area contributed by atoms with Crippen LogP contribution in [0.4, 0.5) is 11.4 Å². The monoisotopic (exact) mass is 377 g/mol. The number of nitrogen functional groups attached to an aromatic ring is 1. The fraction of sp³-hybridized carbons (Fsp3) is 0.263. The predicted molar refractivity (Wildman–Crippen MR) is 106 cm³/mol. The number of likely N-dealkylation sites (N-methyl/N-ethyl adjacent to an activating group) is 1. The van der Waals surface area contributed by atoms with Crippen molar-refractivity contribution in [3.8, 4) is 5.75 Å². The van der Waals surface area contributed by atoms with Crippen molar-refractivity contribution >= 4 is 35.6 Å². The van der Waals surface area contributed by atoms with Crippen molar-refractivity contribution in [2.24, 2.45) is 0 Å². The molecule has 0 unspecified atom stereocenters. The molecule has 140 valence electrons. The van der Waals surface area contributed by atoms with E-state index in [9.17, 15) is 9.59 Å². The second-order valence-electron chi connectivity index (χ2n) is 6.04. The molecule has 6 nitrogen and oxygen atoms in total. The molecule has 2 aromatic rings. The van der Waals surface area contributed by atoms with Crippen molar-refractivity contribution in [2.75, 3.05) is 31.8 Å². The summed E-state index contributed by atoms with van der Waals surface area (Å²) in [5, 5.41) is 2.83. The number of hydrogen-bond donors (Lipinski definition) is 2. The number of amides is 2. The molecular formula is C19H24ClN3O3. The Morgan fingerprint density at radius 1 is 1.12 bits per heavy atom. The van der Waals surface area contributed by atoms with Gasteiger partial charge in [-0.1, -0.05) is 18.2 Å². The highest BCUT2D eigenvalue weighted by molar-refractivity contribution is 5.93. The maximum Gasteiger partial charge on any atom is 0.259 e. The molecule has 0 aliphatic rings. The van der Waals surface area contributed by atoms with Gasteiger partial charge in [0.1, 0.15) is 5.75 Å². The van der Waals surface area contributed by atoms with Gasteiger partial charge in [0.05, 0.1) is 12.1 Å². The van der Waals surface area contributed by atoms with Crippen LogP contribution < -0.4 is 15.8 Å². The number of nitrogens with two attached hydrogens (primary N) is 1. The molecule has 0 aliphatic carbocycles. The van der Waals surface area contributed by atoms with Gasteiger partial charge in [0.25, 0.3) is 5.91 Å². The van der Waals surface area contributed by atoms with E-state index in [2.05, 4.69) is 5.32 Å². The summed E-state index contributed by atoms with van der Waals surface area (Å²) in [6.45, 7) is 1.83. The van der Waals surface area contributed by atoms with E-state index < -0.39 is 0 Å². The van der Waals surface area contributed by atoms with Crippen molar-refractivity contribution < 1.29 is 14.3 Å². The largest absolute Gasteiger partial charge is 0.482 e. The fourth-order valence-electron chi connectivity index (χ4n) is 2.14. The molecule has 0 saturated carbocycles. The Kier molecular flexibility index (Phi) is 7.93. The Morgan fingerprint density at radius 2 is 1.77 bits per heavy atom. The van der Waals surface area contributed by atoms with Gasteiger partial charge in [-0.2, -0.15) is 0 Å². The Bertz CT molecular complexity index is 761. The number of rotatable bonds is 6. The number of halogens is 1. The molecule has 7 heteroatoms. The third kappa shape index (κ3) is 6.29. The number of nitrogens with one attached hydrogen (secondary N) is 1. The number of nitrogens with zero attached hydrogens (tertiary/aromatic N) is 1. The number of aryl methyl sites for hydroxylation is 1. The van der Waals surface area contributed by atoms with E-state index >= 15 is 0 Å². The topological polar surface area (TPSA) is 84.7 Å². The summed E-state index contributed by atoms with van der Waals surface area (Å²) in [7, 11) is 3.33. The average molecular weight is 378 g/mol. The normalized spacial score (nSPS) is 9.81. The average Bonchev–Trinajstić information content (AvgIpc) is 2.56. The fourth-order valence-corrected chi connectivity index (χ4v) is 2.14. The number of carbonyl (C=O) groups is 2. The van der Waals surface area contributed by atoms with Crippen LogP contribution in [0.25, 0.3) is 0 Å². The third-order valence-corrected chi connectivity index (χ3v) is 3.61. The minimum Gasteiger partial charge on any atom is -0.482 e. The highest BCUT2D eigenvalue weighted by atomic mass is 35.5. The first-order valence-corrected chi connectivity index (χ1v) is 7.93. The Labute approximate surface area is 159 Å². The first kappa shape index (κ1) is 21.3. The molecule has 2 rings (SSSR count). The minimum atomic E-state index is -0.169. The highest BCUT2D eigenvalue weighted by Gasteiger charge is 2.12. The van der Waals surface area contributed by atoms with Gasteiger partial charge in [-0.25, -0.2) is 0 Å². The summed E-state index contributed by atoms with van der Waals surface area (Å²) in [5.41, 5.74) is 8.68. The van der Waals surface area contributed by atoms with Crippen LogP contribution in [0.5, 0.6) is 5.75 Å². The first-order chi connectivity index (χ1) is 11.8. The van der Waals surface area contributed by atoms with Crippen LogP contribution in [0.3, 0.4) is 0 Å². The van der Waals surface area contributed by atoms with E-state index in [0.717, 1.165) is 11.1 Å². The van der Waals surface area contributed by atoms with Gasteiger partial charge >= 0.3 is 0 Å². The van der Waals surface area contributed by atoms with Crippen LogP contribution in [-0.4, -0.2) is 37.4 Å². The molecule has 26 heavy (non-hydrogen) atoms. The lowest BCUT2D eigenvalue weighted by molar-refractivity contribution is -0.130. The summed E-state index contributed by atoms with van der Waals surface area (Å²) in [4.78, 5) is 25.4. The Hall–Kier alpha value is -2.73. The molecule has 0 fully saturated rings. The maximum absolute atomic E-state index is 12.3. The Balaban J connectivity index is 0.00000338. The van der Waals surface area contributed by atoms with Crippen molar-refractivity contribution in [3.05, 3.63) is 53.6 Å². The van der Waals surface area contributed by atoms with Gasteiger partial charge in [0, 0.05) is 19.8 Å². The van der Waals surface area contributed by atoms with Crippen LogP contribution in [-0.2, 0) is 16.0 Å². The van der Waals surface area contributed by atoms with Gasteiger partial charge in [0.15, 0.2) is 6.61 Å². The number of hydrogen-bond acceptors (Lipinski definition) is 4. The Morgan fingerprint density at radius 3 is 2.38 bits per heavy atom. The molecular weight excluding hydrogens is 354 g/mol. The lowest BCUT2D eigenvalue weighted by Gasteiger charge is -2.15. The summed E-state index contributed by atoms with van der Waals surface area (Å²) in [5.74, 6) is 0.152. The molecule has 0 radical (unpaired) electrons. The lowest BCUT2D eigenvalue weighted by atomic mass is 10.1. The van der Waals surface area contributed by atoms with Crippen molar-refractivity contribution in [1.82, 2.24) is 4.90 Å². The van der Waals surface area contributed by atoms with Crippen LogP contribution in [0, 0.1) is 6.92 Å². The molecule has 3 N–H and O–H groups in total. The lowest BCUT2D eigenvalue weighted by Crippen LogP contribution is -2.27. The zero-order chi connectivity index (χ0) is 18.4. The van der Waals surface area contributed by atoms with Gasteiger partial charge in [-0.05, 0) is 42.3 Å². The highest BCUT2D eigenvalue weighted by Crippen LogP contribution is 2.26. The second kappa shape index (κ2) is 9.68. The molecule has 0 heterocycles.